The van der Waals surface area contributed by atoms with Crippen molar-refractivity contribution in [2.45, 2.75) is 25.5 Å². The van der Waals surface area contributed by atoms with E-state index in [0.29, 0.717) is 6.54 Å². The van der Waals surface area contributed by atoms with Crippen LogP contribution in [0.4, 0.5) is 11.4 Å². The molecule has 104 valence electrons. The van der Waals surface area contributed by atoms with E-state index < -0.39 is 11.6 Å². The van der Waals surface area contributed by atoms with Crippen LogP contribution in [0.25, 0.3) is 0 Å². The molecule has 1 heterocycles. The Hall–Kier alpha value is -1.59. The summed E-state index contributed by atoms with van der Waals surface area (Å²) < 4.78 is 0. The molecule has 1 aromatic carbocycles. The highest BCUT2D eigenvalue weighted by Crippen LogP contribution is 2.36. The Kier molecular flexibility index (Phi) is 3.28. The molecule has 1 unspecified atom stereocenters. The average molecular weight is 263 g/mol. The summed E-state index contributed by atoms with van der Waals surface area (Å²) in [7, 11) is 3.64. The van der Waals surface area contributed by atoms with Crippen molar-refractivity contribution in [2.24, 2.45) is 5.73 Å². The summed E-state index contributed by atoms with van der Waals surface area (Å²) in [6, 6.07) is 5.19. The molecule has 1 aliphatic rings. The third-order valence-electron chi connectivity index (χ3n) is 3.37. The number of fused-ring (bicyclic) bond motifs is 1. The van der Waals surface area contributed by atoms with Gasteiger partial charge < -0.3 is 20.6 Å². The lowest BCUT2D eigenvalue weighted by molar-refractivity contribution is -0.118. The summed E-state index contributed by atoms with van der Waals surface area (Å²) in [6.45, 7) is 4.04. The van der Waals surface area contributed by atoms with Crippen molar-refractivity contribution in [3.05, 3.63) is 23.8 Å². The molecular weight excluding hydrogens is 242 g/mol. The maximum atomic E-state index is 11.8. The normalized spacial score (nSPS) is 18.7. The molecule has 3 N–H and O–H groups in total. The van der Waals surface area contributed by atoms with Gasteiger partial charge in [0.2, 0.25) is 5.91 Å². The van der Waals surface area contributed by atoms with E-state index in [2.05, 4.69) is 0 Å². The monoisotopic (exact) mass is 263 g/mol. The quantitative estimate of drug-likeness (QED) is 0.849. The van der Waals surface area contributed by atoms with Crippen LogP contribution in [-0.4, -0.2) is 37.3 Å². The van der Waals surface area contributed by atoms with Gasteiger partial charge in [-0.05, 0) is 26.0 Å². The Morgan fingerprint density at radius 1 is 1.47 bits per heavy atom. The maximum Gasteiger partial charge on any atom is 0.248 e. The third-order valence-corrected chi connectivity index (χ3v) is 3.37. The van der Waals surface area contributed by atoms with Gasteiger partial charge in [0.05, 0.1) is 11.3 Å². The second kappa shape index (κ2) is 4.51. The molecule has 0 saturated heterocycles. The number of hydrogen-bond acceptors (Lipinski definition) is 4. The number of likely N-dealkylation sites (N-methyl/N-ethyl adjacent to an activating group) is 2. The SMILES string of the molecule is CN(CC(C)(C)O)c1ccc2c(c1)N(C)C(=O)C2N. The lowest BCUT2D eigenvalue weighted by Crippen LogP contribution is -2.36. The second-order valence-corrected chi connectivity index (χ2v) is 5.79. The maximum absolute atomic E-state index is 11.8. The number of amides is 1. The lowest BCUT2D eigenvalue weighted by Gasteiger charge is -2.27. The summed E-state index contributed by atoms with van der Waals surface area (Å²) in [5, 5.41) is 9.85. The topological polar surface area (TPSA) is 69.8 Å². The fourth-order valence-electron chi connectivity index (χ4n) is 2.46. The van der Waals surface area contributed by atoms with Gasteiger partial charge >= 0.3 is 0 Å². The minimum absolute atomic E-state index is 0.0858. The van der Waals surface area contributed by atoms with E-state index in [1.807, 2.05) is 30.1 Å². The van der Waals surface area contributed by atoms with Crippen LogP contribution in [0.15, 0.2) is 18.2 Å². The number of anilines is 2. The van der Waals surface area contributed by atoms with Crippen molar-refractivity contribution < 1.29 is 9.90 Å². The van der Waals surface area contributed by atoms with Crippen molar-refractivity contribution in [3.63, 3.8) is 0 Å². The molecule has 1 amide bonds. The first kappa shape index (κ1) is 13.8. The fraction of sp³-hybridized carbons (Fsp3) is 0.500. The number of nitrogens with zero attached hydrogens (tertiary/aromatic N) is 2. The highest BCUT2D eigenvalue weighted by atomic mass is 16.3. The average Bonchev–Trinajstić information content (AvgIpc) is 2.52. The molecule has 1 aliphatic heterocycles. The van der Waals surface area contributed by atoms with Crippen molar-refractivity contribution in [2.75, 3.05) is 30.4 Å². The number of aliphatic hydroxyl groups is 1. The number of benzene rings is 1. The van der Waals surface area contributed by atoms with Crippen molar-refractivity contribution >= 4 is 17.3 Å². The van der Waals surface area contributed by atoms with Gasteiger partial charge in [-0.15, -0.1) is 0 Å². The first-order valence-corrected chi connectivity index (χ1v) is 6.31. The molecular formula is C14H21N3O2. The standard InChI is InChI=1S/C14H21N3O2/c1-14(2,19)8-16(3)9-5-6-10-11(7-9)17(4)13(18)12(10)15/h5-7,12,19H,8,15H2,1-4H3. The van der Waals surface area contributed by atoms with Crippen molar-refractivity contribution in [1.29, 1.82) is 0 Å². The zero-order valence-corrected chi connectivity index (χ0v) is 11.8. The molecule has 0 aliphatic carbocycles. The number of hydrogen-bond donors (Lipinski definition) is 2. The molecule has 1 aromatic rings. The number of carbonyl (C=O) groups is 1. The number of carbonyl (C=O) groups excluding carboxylic acids is 1. The van der Waals surface area contributed by atoms with Gasteiger partial charge in [-0.2, -0.15) is 0 Å². The van der Waals surface area contributed by atoms with Crippen LogP contribution in [0.3, 0.4) is 0 Å². The first-order valence-electron chi connectivity index (χ1n) is 6.31. The van der Waals surface area contributed by atoms with Gasteiger partial charge in [0.25, 0.3) is 0 Å². The van der Waals surface area contributed by atoms with Crippen LogP contribution in [0.2, 0.25) is 0 Å². The molecule has 19 heavy (non-hydrogen) atoms. The summed E-state index contributed by atoms with van der Waals surface area (Å²) in [5.74, 6) is -0.0858. The van der Waals surface area contributed by atoms with Gasteiger partial charge in [0, 0.05) is 31.9 Å². The molecule has 0 aromatic heterocycles. The van der Waals surface area contributed by atoms with Crippen LogP contribution >= 0.6 is 0 Å². The zero-order valence-electron chi connectivity index (χ0n) is 11.8. The van der Waals surface area contributed by atoms with Gasteiger partial charge in [0.1, 0.15) is 6.04 Å². The Bertz CT molecular complexity index is 508. The molecule has 5 heteroatoms. The number of rotatable bonds is 3. The summed E-state index contributed by atoms with van der Waals surface area (Å²) in [5.41, 5.74) is 7.74. The van der Waals surface area contributed by atoms with Crippen LogP contribution in [0.5, 0.6) is 0 Å². The Morgan fingerprint density at radius 2 is 2.11 bits per heavy atom. The van der Waals surface area contributed by atoms with E-state index in [1.165, 1.54) is 0 Å². The first-order chi connectivity index (χ1) is 8.70. The Morgan fingerprint density at radius 3 is 2.68 bits per heavy atom. The summed E-state index contributed by atoms with van der Waals surface area (Å²) in [6.07, 6.45) is 0. The Labute approximate surface area is 113 Å². The molecule has 1 atom stereocenters. The van der Waals surface area contributed by atoms with E-state index in [4.69, 9.17) is 5.73 Å². The summed E-state index contributed by atoms with van der Waals surface area (Å²) >= 11 is 0. The Balaban J connectivity index is 2.30. The largest absolute Gasteiger partial charge is 0.389 e. The van der Waals surface area contributed by atoms with Crippen LogP contribution in [-0.2, 0) is 4.79 Å². The van der Waals surface area contributed by atoms with Crippen LogP contribution in [0, 0.1) is 0 Å². The number of nitrogens with two attached hydrogens (primary N) is 1. The predicted octanol–water partition coefficient (Wildman–Crippen LogP) is 0.870. The van der Waals surface area contributed by atoms with Crippen LogP contribution in [0.1, 0.15) is 25.5 Å². The van der Waals surface area contributed by atoms with Gasteiger partial charge in [-0.1, -0.05) is 6.07 Å². The van der Waals surface area contributed by atoms with Crippen LogP contribution < -0.4 is 15.5 Å². The van der Waals surface area contributed by atoms with Gasteiger partial charge in [-0.25, -0.2) is 0 Å². The molecule has 0 fully saturated rings. The van der Waals surface area contributed by atoms with Crippen molar-refractivity contribution in [3.8, 4) is 0 Å². The molecule has 5 nitrogen and oxygen atoms in total. The van der Waals surface area contributed by atoms with Gasteiger partial charge in [-0.3, -0.25) is 4.79 Å². The van der Waals surface area contributed by atoms with E-state index in [1.54, 1.807) is 25.8 Å². The fourth-order valence-corrected chi connectivity index (χ4v) is 2.46. The predicted molar refractivity (Wildman–Crippen MR) is 76.3 cm³/mol. The third kappa shape index (κ3) is 2.57. The minimum Gasteiger partial charge on any atom is -0.389 e. The highest BCUT2D eigenvalue weighted by molar-refractivity contribution is 6.04. The van der Waals surface area contributed by atoms with E-state index in [9.17, 15) is 9.90 Å². The minimum atomic E-state index is -0.772. The summed E-state index contributed by atoms with van der Waals surface area (Å²) in [4.78, 5) is 15.4. The highest BCUT2D eigenvalue weighted by Gasteiger charge is 2.32. The lowest BCUT2D eigenvalue weighted by atomic mass is 10.1. The van der Waals surface area contributed by atoms with Gasteiger partial charge in [0.15, 0.2) is 0 Å². The van der Waals surface area contributed by atoms with E-state index >= 15 is 0 Å². The second-order valence-electron chi connectivity index (χ2n) is 5.79. The zero-order chi connectivity index (χ0) is 14.4. The molecule has 0 spiro atoms. The molecule has 0 radical (unpaired) electrons. The molecule has 0 saturated carbocycles. The molecule has 2 rings (SSSR count). The smallest absolute Gasteiger partial charge is 0.248 e. The van der Waals surface area contributed by atoms with E-state index in [0.717, 1.165) is 16.9 Å². The van der Waals surface area contributed by atoms with E-state index in [-0.39, 0.29) is 5.91 Å². The molecule has 0 bridgehead atoms. The van der Waals surface area contributed by atoms with Crippen molar-refractivity contribution in [1.82, 2.24) is 0 Å².